The highest BCUT2D eigenvalue weighted by molar-refractivity contribution is 5.87. The van der Waals surface area contributed by atoms with Gasteiger partial charge in [0.05, 0.1) is 31.9 Å². The Morgan fingerprint density at radius 1 is 1.07 bits per heavy atom. The van der Waals surface area contributed by atoms with Gasteiger partial charge in [-0.25, -0.2) is 4.98 Å². The number of methoxy groups -OCH3 is 2. The van der Waals surface area contributed by atoms with Crippen LogP contribution >= 0.6 is 0 Å². The van der Waals surface area contributed by atoms with Crippen molar-refractivity contribution in [2.24, 2.45) is 0 Å². The number of nitrogens with zero attached hydrogens (tertiary/aromatic N) is 3. The maximum Gasteiger partial charge on any atom is 0.245 e. The first kappa shape index (κ1) is 18.1. The van der Waals surface area contributed by atoms with E-state index in [-0.39, 0.29) is 11.9 Å². The van der Waals surface area contributed by atoms with Crippen molar-refractivity contribution in [1.29, 1.82) is 0 Å². The van der Waals surface area contributed by atoms with Crippen LogP contribution in [0.1, 0.15) is 12.5 Å². The second-order valence-electron chi connectivity index (χ2n) is 6.85. The molecule has 6 nitrogen and oxygen atoms in total. The number of carbonyl (C=O) groups excluding carboxylic acids is 1. The van der Waals surface area contributed by atoms with Crippen LogP contribution < -0.4 is 9.47 Å². The zero-order valence-corrected chi connectivity index (χ0v) is 16.3. The molecule has 1 unspecified atom stereocenters. The van der Waals surface area contributed by atoms with Crippen molar-refractivity contribution < 1.29 is 14.3 Å². The summed E-state index contributed by atoms with van der Waals surface area (Å²) in [5.41, 5.74) is 3.51. The van der Waals surface area contributed by atoms with E-state index in [1.54, 1.807) is 25.4 Å². The minimum Gasteiger partial charge on any atom is -0.497 e. The molecule has 28 heavy (non-hydrogen) atoms. The minimum atomic E-state index is -0.277. The SMILES string of the molecule is COc1ccc(OC)c(-c2c(-c3ccccc3)ncn2C2CCN(C)C2=O)c1. The van der Waals surface area contributed by atoms with E-state index in [0.717, 1.165) is 41.2 Å². The van der Waals surface area contributed by atoms with Gasteiger partial charge in [0.2, 0.25) is 5.91 Å². The maximum atomic E-state index is 12.7. The number of likely N-dealkylation sites (tertiary alicyclic amines) is 1. The van der Waals surface area contributed by atoms with Gasteiger partial charge < -0.3 is 18.9 Å². The molecule has 1 atom stereocenters. The molecule has 144 valence electrons. The van der Waals surface area contributed by atoms with Crippen LogP contribution in [0.25, 0.3) is 22.5 Å². The zero-order valence-electron chi connectivity index (χ0n) is 16.3. The van der Waals surface area contributed by atoms with Gasteiger partial charge in [-0.15, -0.1) is 0 Å². The van der Waals surface area contributed by atoms with Crippen LogP contribution in [0.15, 0.2) is 54.9 Å². The van der Waals surface area contributed by atoms with Gasteiger partial charge in [-0.05, 0) is 24.6 Å². The van der Waals surface area contributed by atoms with Gasteiger partial charge >= 0.3 is 0 Å². The highest BCUT2D eigenvalue weighted by atomic mass is 16.5. The van der Waals surface area contributed by atoms with E-state index in [1.807, 2.05) is 60.1 Å². The monoisotopic (exact) mass is 377 g/mol. The summed E-state index contributed by atoms with van der Waals surface area (Å²) in [5.74, 6) is 1.52. The second kappa shape index (κ2) is 7.38. The van der Waals surface area contributed by atoms with Gasteiger partial charge in [0.15, 0.2) is 0 Å². The fourth-order valence-corrected chi connectivity index (χ4v) is 3.73. The van der Waals surface area contributed by atoms with Crippen LogP contribution in [0, 0.1) is 0 Å². The standard InChI is InChI=1S/C22H23N3O3/c1-24-12-11-18(22(24)26)25-14-23-20(15-7-5-4-6-8-15)21(25)17-13-16(27-2)9-10-19(17)28-3/h4-10,13-14,18H,11-12H2,1-3H3. The molecule has 0 aliphatic carbocycles. The Morgan fingerprint density at radius 3 is 2.50 bits per heavy atom. The number of rotatable bonds is 5. The summed E-state index contributed by atoms with van der Waals surface area (Å²) in [6, 6.07) is 15.4. The van der Waals surface area contributed by atoms with Crippen molar-refractivity contribution in [3.63, 3.8) is 0 Å². The molecule has 0 radical (unpaired) electrons. The molecule has 1 aliphatic rings. The Kier molecular flexibility index (Phi) is 4.77. The summed E-state index contributed by atoms with van der Waals surface area (Å²) in [4.78, 5) is 19.2. The van der Waals surface area contributed by atoms with Crippen molar-refractivity contribution in [3.05, 3.63) is 54.9 Å². The van der Waals surface area contributed by atoms with E-state index >= 15 is 0 Å². The first-order valence-electron chi connectivity index (χ1n) is 9.23. The van der Waals surface area contributed by atoms with E-state index < -0.39 is 0 Å². The number of imidazole rings is 1. The number of likely N-dealkylation sites (N-methyl/N-ethyl adjacent to an activating group) is 1. The van der Waals surface area contributed by atoms with Crippen molar-refractivity contribution >= 4 is 5.91 Å². The Morgan fingerprint density at radius 2 is 1.86 bits per heavy atom. The quantitative estimate of drug-likeness (QED) is 0.681. The van der Waals surface area contributed by atoms with Gasteiger partial charge in [0.1, 0.15) is 17.5 Å². The molecule has 6 heteroatoms. The lowest BCUT2D eigenvalue weighted by Gasteiger charge is -2.18. The summed E-state index contributed by atoms with van der Waals surface area (Å²) >= 11 is 0. The Labute approximate surface area is 164 Å². The summed E-state index contributed by atoms with van der Waals surface area (Å²) in [6.07, 6.45) is 2.51. The number of hydrogen-bond acceptors (Lipinski definition) is 4. The molecule has 1 amide bonds. The number of benzene rings is 2. The topological polar surface area (TPSA) is 56.6 Å². The van der Waals surface area contributed by atoms with Crippen molar-refractivity contribution in [2.75, 3.05) is 27.8 Å². The molecule has 0 saturated carbocycles. The van der Waals surface area contributed by atoms with Gasteiger partial charge in [0.25, 0.3) is 0 Å². The molecule has 0 bridgehead atoms. The van der Waals surface area contributed by atoms with Gasteiger partial charge in [0, 0.05) is 24.7 Å². The van der Waals surface area contributed by atoms with Gasteiger partial charge in [-0.1, -0.05) is 30.3 Å². The fourth-order valence-electron chi connectivity index (χ4n) is 3.73. The smallest absolute Gasteiger partial charge is 0.245 e. The van der Waals surface area contributed by atoms with E-state index in [1.165, 1.54) is 0 Å². The van der Waals surface area contributed by atoms with Gasteiger partial charge in [-0.2, -0.15) is 0 Å². The van der Waals surface area contributed by atoms with E-state index in [0.29, 0.717) is 5.75 Å². The molecule has 1 aliphatic heterocycles. The highest BCUT2D eigenvalue weighted by Crippen LogP contribution is 2.41. The van der Waals surface area contributed by atoms with Crippen molar-refractivity contribution in [1.82, 2.24) is 14.5 Å². The van der Waals surface area contributed by atoms with Crippen LogP contribution in [-0.4, -0.2) is 48.2 Å². The molecule has 0 N–H and O–H groups in total. The van der Waals surface area contributed by atoms with Crippen LogP contribution in [-0.2, 0) is 4.79 Å². The lowest BCUT2D eigenvalue weighted by molar-refractivity contribution is -0.129. The first-order chi connectivity index (χ1) is 13.6. The van der Waals surface area contributed by atoms with E-state index in [2.05, 4.69) is 0 Å². The third-order valence-electron chi connectivity index (χ3n) is 5.24. The Hall–Kier alpha value is -3.28. The summed E-state index contributed by atoms with van der Waals surface area (Å²) in [7, 11) is 5.11. The van der Waals surface area contributed by atoms with Crippen LogP contribution in [0.5, 0.6) is 11.5 Å². The predicted octanol–water partition coefficient (Wildman–Crippen LogP) is 3.64. The molecule has 1 aromatic heterocycles. The Balaban J connectivity index is 1.96. The summed E-state index contributed by atoms with van der Waals surface area (Å²) in [6.45, 7) is 0.733. The van der Waals surface area contributed by atoms with Crippen molar-refractivity contribution in [2.45, 2.75) is 12.5 Å². The lowest BCUT2D eigenvalue weighted by Crippen LogP contribution is -2.24. The second-order valence-corrected chi connectivity index (χ2v) is 6.85. The summed E-state index contributed by atoms with van der Waals surface area (Å²) < 4.78 is 13.1. The molecule has 2 heterocycles. The van der Waals surface area contributed by atoms with Crippen LogP contribution in [0.2, 0.25) is 0 Å². The molecule has 2 aromatic carbocycles. The average molecular weight is 377 g/mol. The first-order valence-corrected chi connectivity index (χ1v) is 9.23. The lowest BCUT2D eigenvalue weighted by atomic mass is 10.0. The third-order valence-corrected chi connectivity index (χ3v) is 5.24. The highest BCUT2D eigenvalue weighted by Gasteiger charge is 2.33. The molecular weight excluding hydrogens is 354 g/mol. The zero-order chi connectivity index (χ0) is 19.7. The normalized spacial score (nSPS) is 16.5. The number of amides is 1. The number of hydrogen-bond donors (Lipinski definition) is 0. The van der Waals surface area contributed by atoms with Gasteiger partial charge in [-0.3, -0.25) is 4.79 Å². The van der Waals surface area contributed by atoms with Crippen LogP contribution in [0.3, 0.4) is 0 Å². The third kappa shape index (κ3) is 3.01. The number of carbonyl (C=O) groups is 1. The minimum absolute atomic E-state index is 0.0973. The maximum absolute atomic E-state index is 12.7. The molecule has 1 saturated heterocycles. The van der Waals surface area contributed by atoms with E-state index in [9.17, 15) is 4.79 Å². The molecule has 1 fully saturated rings. The number of ether oxygens (including phenoxy) is 2. The van der Waals surface area contributed by atoms with Crippen LogP contribution in [0.4, 0.5) is 0 Å². The van der Waals surface area contributed by atoms with E-state index in [4.69, 9.17) is 14.5 Å². The van der Waals surface area contributed by atoms with Crippen molar-refractivity contribution in [3.8, 4) is 34.0 Å². The summed E-state index contributed by atoms with van der Waals surface area (Å²) in [5, 5.41) is 0. The molecule has 0 spiro atoms. The molecule has 3 aromatic rings. The largest absolute Gasteiger partial charge is 0.497 e. The average Bonchev–Trinajstić information content (AvgIpc) is 3.31. The predicted molar refractivity (Wildman–Crippen MR) is 107 cm³/mol. The molecular formula is C22H23N3O3. The Bertz CT molecular complexity index is 998. The number of aromatic nitrogens is 2. The fraction of sp³-hybridized carbons (Fsp3) is 0.273. The molecule has 4 rings (SSSR count).